The molecule has 1 rings (SSSR count). The summed E-state index contributed by atoms with van der Waals surface area (Å²) < 4.78 is 2.49. The van der Waals surface area contributed by atoms with E-state index in [2.05, 4.69) is 23.9 Å². The van der Waals surface area contributed by atoms with Crippen LogP contribution in [0.1, 0.15) is 6.92 Å². The van der Waals surface area contributed by atoms with E-state index in [1.54, 1.807) is 6.92 Å². The van der Waals surface area contributed by atoms with E-state index in [0.717, 1.165) is 0 Å². The first-order chi connectivity index (χ1) is 5.43. The van der Waals surface area contributed by atoms with E-state index in [-0.39, 0.29) is 8.96 Å². The lowest BCUT2D eigenvalue weighted by atomic mass is 10.6. The van der Waals surface area contributed by atoms with E-state index < -0.39 is 8.24 Å². The number of aliphatic hydroxyl groups is 1. The summed E-state index contributed by atoms with van der Waals surface area (Å²) in [6.07, 6.45) is 1.97. The lowest BCUT2D eigenvalue weighted by molar-refractivity contribution is 0.406. The molecule has 0 spiro atoms. The Morgan fingerprint density at radius 2 is 2.17 bits per heavy atom. The van der Waals surface area contributed by atoms with Crippen LogP contribution in [0.25, 0.3) is 0 Å². The number of allylic oxidation sites excluding steroid dienone is 1. The Balaban J connectivity index is 2.78. The molecule has 1 radical (unpaired) electrons. The first kappa shape index (κ1) is 9.86. The molecule has 0 unspecified atom stereocenters. The highest BCUT2D eigenvalue weighted by atomic mass is 28.4. The predicted molar refractivity (Wildman–Crippen MR) is 56.9 cm³/mol. The first-order valence-corrected chi connectivity index (χ1v) is 9.73. The second-order valence-electron chi connectivity index (χ2n) is 4.19. The molecule has 0 atom stereocenters. The molecule has 0 bridgehead atoms. The van der Waals surface area contributed by atoms with Crippen molar-refractivity contribution in [3.8, 4) is 0 Å². The Morgan fingerprint density at radius 1 is 1.58 bits per heavy atom. The fraction of sp³-hybridized carbons (Fsp3) is 0.750. The summed E-state index contributed by atoms with van der Waals surface area (Å²) in [4.78, 5) is 0. The summed E-state index contributed by atoms with van der Waals surface area (Å²) in [5, 5.41) is 9.22. The number of hydrogen-bond donors (Lipinski definition) is 1. The zero-order chi connectivity index (χ0) is 9.35. The fourth-order valence-electron chi connectivity index (χ4n) is 1.72. The maximum Gasteiger partial charge on any atom is 0.156 e. The highest BCUT2D eigenvalue weighted by molar-refractivity contribution is 6.88. The Kier molecular flexibility index (Phi) is 2.68. The van der Waals surface area contributed by atoms with Crippen molar-refractivity contribution in [3.05, 3.63) is 12.0 Å². The van der Waals surface area contributed by atoms with Gasteiger partial charge in [-0.3, -0.25) is 0 Å². The van der Waals surface area contributed by atoms with Gasteiger partial charge in [-0.25, -0.2) is 0 Å². The Morgan fingerprint density at radius 3 is 2.50 bits per heavy atom. The van der Waals surface area contributed by atoms with Crippen LogP contribution in [-0.2, 0) is 0 Å². The second-order valence-corrected chi connectivity index (χ2v) is 11.7. The van der Waals surface area contributed by atoms with Crippen molar-refractivity contribution in [2.24, 2.45) is 0 Å². The van der Waals surface area contributed by atoms with Crippen molar-refractivity contribution in [2.45, 2.75) is 38.7 Å². The quantitative estimate of drug-likeness (QED) is 0.519. The molecule has 1 fully saturated rings. The average Bonchev–Trinajstić information content (AvgIpc) is 2.15. The summed E-state index contributed by atoms with van der Waals surface area (Å²) >= 11 is 0. The SMILES string of the molecule is C/C(O)=C\N1[Si](C)CC[Si]1(C)C. The zero-order valence-electron chi connectivity index (χ0n) is 8.39. The van der Waals surface area contributed by atoms with Crippen LogP contribution in [0.2, 0.25) is 31.7 Å². The predicted octanol–water partition coefficient (Wildman–Crippen LogP) is 2.55. The smallest absolute Gasteiger partial charge is 0.156 e. The van der Waals surface area contributed by atoms with Crippen LogP contribution >= 0.6 is 0 Å². The van der Waals surface area contributed by atoms with E-state index in [1.807, 2.05) is 6.20 Å². The molecule has 69 valence electrons. The van der Waals surface area contributed by atoms with Gasteiger partial charge in [0, 0.05) is 6.20 Å². The fourth-order valence-corrected chi connectivity index (χ4v) is 11.8. The van der Waals surface area contributed by atoms with Gasteiger partial charge in [-0.05, 0) is 19.0 Å². The molecule has 0 saturated carbocycles. The van der Waals surface area contributed by atoms with Crippen molar-refractivity contribution in [3.63, 3.8) is 0 Å². The number of aliphatic hydroxyl groups excluding tert-OH is 1. The zero-order valence-corrected chi connectivity index (χ0v) is 10.4. The number of rotatable bonds is 1. The van der Waals surface area contributed by atoms with Gasteiger partial charge in [0.15, 0.2) is 8.96 Å². The molecule has 0 amide bonds. The third-order valence-corrected chi connectivity index (χ3v) is 10.8. The Labute approximate surface area is 77.7 Å². The molecular formula is C8H18NOSi2. The van der Waals surface area contributed by atoms with Gasteiger partial charge < -0.3 is 9.34 Å². The topological polar surface area (TPSA) is 23.5 Å². The molecule has 2 nitrogen and oxygen atoms in total. The van der Waals surface area contributed by atoms with Crippen molar-refractivity contribution in [1.29, 1.82) is 0 Å². The Bertz CT molecular complexity index is 199. The van der Waals surface area contributed by atoms with E-state index >= 15 is 0 Å². The normalized spacial score (nSPS) is 25.0. The van der Waals surface area contributed by atoms with Gasteiger partial charge in [0.1, 0.15) is 14.0 Å². The molecule has 1 saturated heterocycles. The van der Waals surface area contributed by atoms with Crippen LogP contribution in [0.4, 0.5) is 0 Å². The molecule has 1 heterocycles. The third kappa shape index (κ3) is 1.92. The van der Waals surface area contributed by atoms with Crippen LogP contribution in [0.3, 0.4) is 0 Å². The minimum absolute atomic E-state index is 0.339. The number of hydrogen-bond acceptors (Lipinski definition) is 2. The monoisotopic (exact) mass is 200 g/mol. The third-order valence-electron chi connectivity index (χ3n) is 2.48. The summed E-state index contributed by atoms with van der Waals surface area (Å²) in [5.41, 5.74) is 0. The first-order valence-electron chi connectivity index (χ1n) is 4.42. The van der Waals surface area contributed by atoms with Crippen molar-refractivity contribution >= 4 is 17.2 Å². The summed E-state index contributed by atoms with van der Waals surface area (Å²) in [7, 11) is -1.49. The van der Waals surface area contributed by atoms with Crippen LogP contribution in [0.5, 0.6) is 0 Å². The van der Waals surface area contributed by atoms with Gasteiger partial charge in [0.05, 0.1) is 0 Å². The van der Waals surface area contributed by atoms with Crippen LogP contribution in [0, 0.1) is 0 Å². The van der Waals surface area contributed by atoms with E-state index in [1.165, 1.54) is 12.1 Å². The minimum atomic E-state index is -1.15. The summed E-state index contributed by atoms with van der Waals surface area (Å²) in [5.74, 6) is 0.460. The van der Waals surface area contributed by atoms with Gasteiger partial charge in [-0.15, -0.1) is 0 Å². The van der Waals surface area contributed by atoms with Crippen molar-refractivity contribution in [2.75, 3.05) is 0 Å². The lowest BCUT2D eigenvalue weighted by Crippen LogP contribution is -2.44. The highest BCUT2D eigenvalue weighted by Crippen LogP contribution is 2.30. The van der Waals surface area contributed by atoms with Gasteiger partial charge >= 0.3 is 0 Å². The standard InChI is InChI=1S/C8H18NOSi2/c1-8(10)7-9-11(2)5-6-12(9,3)4/h7,10H,5-6H2,1-4H3/b8-7+. The van der Waals surface area contributed by atoms with Gasteiger partial charge in [0.2, 0.25) is 0 Å². The second kappa shape index (κ2) is 3.26. The molecular weight excluding hydrogens is 182 g/mol. The molecule has 0 aromatic heterocycles. The van der Waals surface area contributed by atoms with Crippen LogP contribution < -0.4 is 0 Å². The molecule has 1 N–H and O–H groups in total. The molecule has 1 aliphatic rings. The lowest BCUT2D eigenvalue weighted by Gasteiger charge is -2.31. The molecule has 0 aliphatic carbocycles. The average molecular weight is 200 g/mol. The van der Waals surface area contributed by atoms with E-state index in [9.17, 15) is 5.11 Å². The van der Waals surface area contributed by atoms with Gasteiger partial charge in [-0.1, -0.05) is 19.6 Å². The van der Waals surface area contributed by atoms with Crippen molar-refractivity contribution in [1.82, 2.24) is 4.23 Å². The van der Waals surface area contributed by atoms with Gasteiger partial charge in [-0.2, -0.15) is 0 Å². The molecule has 4 heteroatoms. The van der Waals surface area contributed by atoms with Crippen LogP contribution in [-0.4, -0.2) is 26.5 Å². The van der Waals surface area contributed by atoms with Crippen LogP contribution in [0.15, 0.2) is 12.0 Å². The molecule has 0 aromatic carbocycles. The highest BCUT2D eigenvalue weighted by Gasteiger charge is 2.38. The molecule has 0 aromatic rings. The maximum atomic E-state index is 9.22. The molecule has 12 heavy (non-hydrogen) atoms. The largest absolute Gasteiger partial charge is 0.511 e. The number of nitrogens with zero attached hydrogens (tertiary/aromatic N) is 1. The van der Waals surface area contributed by atoms with E-state index in [4.69, 9.17) is 0 Å². The molecule has 1 aliphatic heterocycles. The summed E-state index contributed by atoms with van der Waals surface area (Å²) in [6.45, 7) is 8.87. The summed E-state index contributed by atoms with van der Waals surface area (Å²) in [6, 6.07) is 2.77. The van der Waals surface area contributed by atoms with Crippen molar-refractivity contribution < 1.29 is 5.11 Å². The van der Waals surface area contributed by atoms with Gasteiger partial charge in [0.25, 0.3) is 0 Å². The van der Waals surface area contributed by atoms with E-state index in [0.29, 0.717) is 5.76 Å². The maximum absolute atomic E-state index is 9.22. The minimum Gasteiger partial charge on any atom is -0.511 e. The Hall–Kier alpha value is -0.226.